The van der Waals surface area contributed by atoms with Gasteiger partial charge in [-0.15, -0.1) is 0 Å². The molecule has 2 heterocycles. The Hall–Kier alpha value is -1.14. The molecule has 2 saturated heterocycles. The van der Waals surface area contributed by atoms with Crippen LogP contribution in [0.2, 0.25) is 0 Å². The van der Waals surface area contributed by atoms with Gasteiger partial charge in [0, 0.05) is 19.6 Å². The molecule has 96 valence electrons. The van der Waals surface area contributed by atoms with Gasteiger partial charge in [-0.25, -0.2) is 0 Å². The molecule has 2 rings (SSSR count). The maximum absolute atomic E-state index is 12.1. The van der Waals surface area contributed by atoms with E-state index >= 15 is 0 Å². The molecule has 3 atom stereocenters. The van der Waals surface area contributed by atoms with Crippen molar-refractivity contribution in [3.63, 3.8) is 0 Å². The minimum atomic E-state index is -0.832. The number of likely N-dealkylation sites (tertiary alicyclic amines) is 1. The van der Waals surface area contributed by atoms with E-state index in [0.29, 0.717) is 32.5 Å². The molecule has 0 aromatic heterocycles. The third-order valence-electron chi connectivity index (χ3n) is 3.49. The number of aliphatic carboxylic acids is 1. The lowest BCUT2D eigenvalue weighted by Crippen LogP contribution is -2.49. The average molecular weight is 242 g/mol. The zero-order chi connectivity index (χ0) is 12.4. The van der Waals surface area contributed by atoms with Crippen LogP contribution < -0.4 is 5.32 Å². The van der Waals surface area contributed by atoms with Crippen LogP contribution in [0, 0.1) is 5.92 Å². The van der Waals surface area contributed by atoms with Crippen LogP contribution in [0.4, 0.5) is 0 Å². The van der Waals surface area contributed by atoms with Crippen LogP contribution in [0.15, 0.2) is 0 Å². The zero-order valence-corrected chi connectivity index (χ0v) is 9.63. The van der Waals surface area contributed by atoms with Crippen LogP contribution in [0.3, 0.4) is 0 Å². The molecule has 0 radical (unpaired) electrons. The van der Waals surface area contributed by atoms with Crippen LogP contribution in [0.5, 0.6) is 0 Å². The molecule has 6 nitrogen and oxygen atoms in total. The number of aliphatic hydroxyl groups excluding tert-OH is 1. The van der Waals surface area contributed by atoms with E-state index in [9.17, 15) is 14.7 Å². The zero-order valence-electron chi connectivity index (χ0n) is 9.63. The van der Waals surface area contributed by atoms with Gasteiger partial charge >= 0.3 is 5.97 Å². The Morgan fingerprint density at radius 2 is 2.12 bits per heavy atom. The number of hydrogen-bond donors (Lipinski definition) is 3. The fourth-order valence-corrected chi connectivity index (χ4v) is 2.50. The molecule has 0 aliphatic carbocycles. The standard InChI is InChI=1S/C11H18N2O4/c14-8-4-9(12-5-8)10(15)13-3-1-2-7(6-13)11(16)17/h7-9,12,14H,1-6H2,(H,16,17). The largest absolute Gasteiger partial charge is 0.481 e. The van der Waals surface area contributed by atoms with Gasteiger partial charge in [0.05, 0.1) is 18.1 Å². The summed E-state index contributed by atoms with van der Waals surface area (Å²) in [6, 6.07) is -0.349. The number of carboxylic acid groups (broad SMARTS) is 1. The van der Waals surface area contributed by atoms with Crippen molar-refractivity contribution in [2.45, 2.75) is 31.4 Å². The highest BCUT2D eigenvalue weighted by molar-refractivity contribution is 5.83. The number of amides is 1. The van der Waals surface area contributed by atoms with Crippen molar-refractivity contribution in [3.05, 3.63) is 0 Å². The summed E-state index contributed by atoms with van der Waals surface area (Å²) in [6.45, 7) is 1.35. The summed E-state index contributed by atoms with van der Waals surface area (Å²) in [6.07, 6.45) is 1.33. The van der Waals surface area contributed by atoms with Gasteiger partial charge in [0.1, 0.15) is 0 Å². The molecule has 0 aromatic rings. The molecule has 0 spiro atoms. The normalized spacial score (nSPS) is 33.7. The van der Waals surface area contributed by atoms with Crippen LogP contribution >= 0.6 is 0 Å². The maximum atomic E-state index is 12.1. The van der Waals surface area contributed by atoms with Gasteiger partial charge in [-0.1, -0.05) is 0 Å². The summed E-state index contributed by atoms with van der Waals surface area (Å²) in [5, 5.41) is 21.3. The molecule has 0 bridgehead atoms. The molecule has 2 aliphatic rings. The van der Waals surface area contributed by atoms with Gasteiger partial charge in [-0.05, 0) is 19.3 Å². The minimum absolute atomic E-state index is 0.0764. The monoisotopic (exact) mass is 242 g/mol. The Bertz CT molecular complexity index is 321. The number of nitrogens with one attached hydrogen (secondary N) is 1. The van der Waals surface area contributed by atoms with E-state index in [-0.39, 0.29) is 11.9 Å². The smallest absolute Gasteiger partial charge is 0.308 e. The van der Waals surface area contributed by atoms with E-state index in [1.807, 2.05) is 0 Å². The van der Waals surface area contributed by atoms with Gasteiger partial charge in [0.25, 0.3) is 0 Å². The Balaban J connectivity index is 1.93. The molecule has 2 aliphatic heterocycles. The highest BCUT2D eigenvalue weighted by atomic mass is 16.4. The summed E-state index contributed by atoms with van der Waals surface area (Å²) < 4.78 is 0. The van der Waals surface area contributed by atoms with E-state index < -0.39 is 18.0 Å². The first-order chi connectivity index (χ1) is 8.08. The third-order valence-corrected chi connectivity index (χ3v) is 3.49. The first-order valence-corrected chi connectivity index (χ1v) is 6.01. The molecule has 17 heavy (non-hydrogen) atoms. The van der Waals surface area contributed by atoms with Crippen molar-refractivity contribution in [1.29, 1.82) is 0 Å². The molecule has 3 unspecified atom stereocenters. The molecular formula is C11H18N2O4. The fourth-order valence-electron chi connectivity index (χ4n) is 2.50. The quantitative estimate of drug-likeness (QED) is 0.580. The van der Waals surface area contributed by atoms with Crippen molar-refractivity contribution in [1.82, 2.24) is 10.2 Å². The predicted octanol–water partition coefficient (Wildman–Crippen LogP) is -0.968. The van der Waals surface area contributed by atoms with Crippen molar-refractivity contribution >= 4 is 11.9 Å². The van der Waals surface area contributed by atoms with Crippen LogP contribution in [-0.2, 0) is 9.59 Å². The Morgan fingerprint density at radius 3 is 2.71 bits per heavy atom. The minimum Gasteiger partial charge on any atom is -0.481 e. The summed E-state index contributed by atoms with van der Waals surface area (Å²) in [5.41, 5.74) is 0. The van der Waals surface area contributed by atoms with Crippen LogP contribution in [0.25, 0.3) is 0 Å². The van der Waals surface area contributed by atoms with E-state index in [0.717, 1.165) is 6.42 Å². The second-order valence-electron chi connectivity index (χ2n) is 4.81. The van der Waals surface area contributed by atoms with Gasteiger partial charge in [-0.2, -0.15) is 0 Å². The lowest BCUT2D eigenvalue weighted by molar-refractivity contribution is -0.146. The molecule has 0 saturated carbocycles. The number of nitrogens with zero attached hydrogens (tertiary/aromatic N) is 1. The van der Waals surface area contributed by atoms with Crippen molar-refractivity contribution in [2.24, 2.45) is 5.92 Å². The maximum Gasteiger partial charge on any atom is 0.308 e. The summed E-state index contributed by atoms with van der Waals surface area (Å²) in [7, 11) is 0. The topological polar surface area (TPSA) is 89.9 Å². The fraction of sp³-hybridized carbons (Fsp3) is 0.818. The second kappa shape index (κ2) is 5.01. The first-order valence-electron chi connectivity index (χ1n) is 6.01. The summed E-state index contributed by atoms with van der Waals surface area (Å²) >= 11 is 0. The SMILES string of the molecule is O=C(O)C1CCCN(C(=O)C2CC(O)CN2)C1. The second-order valence-corrected chi connectivity index (χ2v) is 4.81. The highest BCUT2D eigenvalue weighted by Gasteiger charge is 2.34. The Kier molecular flexibility index (Phi) is 3.63. The number of carboxylic acids is 1. The Labute approximate surface area is 99.6 Å². The first kappa shape index (κ1) is 12.3. The van der Waals surface area contributed by atoms with E-state index in [4.69, 9.17) is 5.11 Å². The third kappa shape index (κ3) is 2.76. The van der Waals surface area contributed by atoms with Gasteiger partial charge in [0.15, 0.2) is 0 Å². The van der Waals surface area contributed by atoms with Gasteiger partial charge in [-0.3, -0.25) is 9.59 Å². The van der Waals surface area contributed by atoms with Crippen molar-refractivity contribution in [2.75, 3.05) is 19.6 Å². The number of hydrogen-bond acceptors (Lipinski definition) is 4. The molecule has 6 heteroatoms. The number of β-amino-alcohol motifs (C(OH)–C–C–N with tert-alkyl or cyclic N) is 1. The average Bonchev–Trinajstić information content (AvgIpc) is 2.75. The lowest BCUT2D eigenvalue weighted by atomic mass is 9.97. The molecular weight excluding hydrogens is 224 g/mol. The van der Waals surface area contributed by atoms with Crippen LogP contribution in [-0.4, -0.2) is 58.8 Å². The van der Waals surface area contributed by atoms with Crippen molar-refractivity contribution in [3.8, 4) is 0 Å². The molecule has 1 amide bonds. The van der Waals surface area contributed by atoms with E-state index in [1.165, 1.54) is 0 Å². The number of carbonyl (C=O) groups excluding carboxylic acids is 1. The van der Waals surface area contributed by atoms with E-state index in [1.54, 1.807) is 4.90 Å². The van der Waals surface area contributed by atoms with Gasteiger partial charge < -0.3 is 20.4 Å². The van der Waals surface area contributed by atoms with Crippen molar-refractivity contribution < 1.29 is 19.8 Å². The molecule has 0 aromatic carbocycles. The summed E-state index contributed by atoms with van der Waals surface area (Å²) in [4.78, 5) is 24.6. The van der Waals surface area contributed by atoms with E-state index in [2.05, 4.69) is 5.32 Å². The summed E-state index contributed by atoms with van der Waals surface area (Å²) in [5.74, 6) is -1.35. The lowest BCUT2D eigenvalue weighted by Gasteiger charge is -2.32. The number of carbonyl (C=O) groups is 2. The predicted molar refractivity (Wildman–Crippen MR) is 59.4 cm³/mol. The molecule has 3 N–H and O–H groups in total. The number of rotatable bonds is 2. The van der Waals surface area contributed by atoms with Crippen LogP contribution in [0.1, 0.15) is 19.3 Å². The Morgan fingerprint density at radius 1 is 1.35 bits per heavy atom. The molecule has 2 fully saturated rings. The number of piperidine rings is 1. The van der Waals surface area contributed by atoms with Gasteiger partial charge in [0.2, 0.25) is 5.91 Å². The highest BCUT2D eigenvalue weighted by Crippen LogP contribution is 2.19. The number of aliphatic hydroxyl groups is 1.